The SMILES string of the molecule is O=C(CNC(=O)c1nn(-c2ccc(F)cc2F)c2c1C[C@H]1C[C@@H]21)c1ccccc1. The van der Waals surface area contributed by atoms with E-state index in [2.05, 4.69) is 10.4 Å². The van der Waals surface area contributed by atoms with Crippen molar-refractivity contribution in [1.82, 2.24) is 15.1 Å². The monoisotopic (exact) mass is 393 g/mol. The number of ketones is 1. The fraction of sp³-hybridized carbons (Fsp3) is 0.227. The van der Waals surface area contributed by atoms with Crippen molar-refractivity contribution < 1.29 is 18.4 Å². The predicted molar refractivity (Wildman–Crippen MR) is 101 cm³/mol. The smallest absolute Gasteiger partial charge is 0.272 e. The van der Waals surface area contributed by atoms with Crippen LogP contribution in [0.1, 0.15) is 44.4 Å². The summed E-state index contributed by atoms with van der Waals surface area (Å²) in [4.78, 5) is 25.0. The third kappa shape index (κ3) is 3.03. The number of nitrogens with one attached hydrogen (secondary N) is 1. The summed E-state index contributed by atoms with van der Waals surface area (Å²) in [6, 6.07) is 12.0. The number of amides is 1. The maximum absolute atomic E-state index is 14.4. The number of benzene rings is 2. The van der Waals surface area contributed by atoms with Gasteiger partial charge in [-0.3, -0.25) is 9.59 Å². The average molecular weight is 393 g/mol. The van der Waals surface area contributed by atoms with Gasteiger partial charge in [0.15, 0.2) is 17.3 Å². The molecular formula is C22H17F2N3O2. The molecule has 1 amide bonds. The Hall–Kier alpha value is -3.35. The second-order valence-electron chi connectivity index (χ2n) is 7.50. The van der Waals surface area contributed by atoms with Crippen LogP contribution in [-0.4, -0.2) is 28.0 Å². The molecule has 0 bridgehead atoms. The summed E-state index contributed by atoms with van der Waals surface area (Å²) in [5.41, 5.74) is 2.45. The van der Waals surface area contributed by atoms with Gasteiger partial charge in [0.25, 0.3) is 5.91 Å². The second kappa shape index (κ2) is 6.62. The Morgan fingerprint density at radius 1 is 1.14 bits per heavy atom. The molecule has 1 saturated carbocycles. The predicted octanol–water partition coefficient (Wildman–Crippen LogP) is 3.42. The lowest BCUT2D eigenvalue weighted by Crippen LogP contribution is -2.30. The van der Waals surface area contributed by atoms with Gasteiger partial charge in [-0.2, -0.15) is 5.10 Å². The molecule has 3 aromatic rings. The number of nitrogens with zero attached hydrogens (tertiary/aromatic N) is 2. The molecule has 2 aliphatic carbocycles. The van der Waals surface area contributed by atoms with Gasteiger partial charge in [-0.15, -0.1) is 0 Å². The molecule has 2 aliphatic rings. The van der Waals surface area contributed by atoms with Gasteiger partial charge in [0.05, 0.1) is 12.2 Å². The Balaban J connectivity index is 1.43. The van der Waals surface area contributed by atoms with E-state index >= 15 is 0 Å². The highest BCUT2D eigenvalue weighted by Crippen LogP contribution is 2.57. The molecule has 2 atom stereocenters. The summed E-state index contributed by atoms with van der Waals surface area (Å²) < 4.78 is 29.1. The molecule has 2 aromatic carbocycles. The van der Waals surface area contributed by atoms with Gasteiger partial charge in [0, 0.05) is 23.1 Å². The zero-order valence-electron chi connectivity index (χ0n) is 15.4. The van der Waals surface area contributed by atoms with Gasteiger partial charge in [-0.1, -0.05) is 30.3 Å². The van der Waals surface area contributed by atoms with E-state index in [0.29, 0.717) is 17.9 Å². The number of aromatic nitrogens is 2. The van der Waals surface area contributed by atoms with Crippen LogP contribution >= 0.6 is 0 Å². The molecule has 146 valence electrons. The summed E-state index contributed by atoms with van der Waals surface area (Å²) in [6.45, 7) is -0.151. The van der Waals surface area contributed by atoms with Crippen molar-refractivity contribution in [2.24, 2.45) is 5.92 Å². The van der Waals surface area contributed by atoms with Gasteiger partial charge < -0.3 is 5.32 Å². The minimum atomic E-state index is -0.731. The van der Waals surface area contributed by atoms with Crippen molar-refractivity contribution >= 4 is 11.7 Å². The molecule has 1 aromatic heterocycles. The quantitative estimate of drug-likeness (QED) is 0.676. The molecule has 0 radical (unpaired) electrons. The highest BCUT2D eigenvalue weighted by molar-refractivity contribution is 6.02. The first-order chi connectivity index (χ1) is 14.0. The molecule has 1 heterocycles. The number of halogens is 2. The number of carbonyl (C=O) groups excluding carboxylic acids is 2. The molecule has 5 rings (SSSR count). The summed E-state index contributed by atoms with van der Waals surface area (Å²) in [7, 11) is 0. The maximum atomic E-state index is 14.4. The third-order valence-corrected chi connectivity index (χ3v) is 5.62. The molecule has 1 N–H and O–H groups in total. The van der Waals surface area contributed by atoms with E-state index in [1.165, 1.54) is 16.8 Å². The minimum absolute atomic E-state index is 0.120. The van der Waals surface area contributed by atoms with Gasteiger partial charge in [0.1, 0.15) is 11.5 Å². The van der Waals surface area contributed by atoms with E-state index in [4.69, 9.17) is 0 Å². The van der Waals surface area contributed by atoms with Crippen LogP contribution < -0.4 is 5.32 Å². The van der Waals surface area contributed by atoms with Crippen molar-refractivity contribution in [3.8, 4) is 5.69 Å². The molecule has 0 spiro atoms. The normalized spacial score (nSPS) is 18.8. The van der Waals surface area contributed by atoms with Crippen molar-refractivity contribution in [3.05, 3.63) is 82.7 Å². The van der Waals surface area contributed by atoms with E-state index in [1.54, 1.807) is 24.3 Å². The van der Waals surface area contributed by atoms with E-state index < -0.39 is 17.5 Å². The zero-order valence-corrected chi connectivity index (χ0v) is 15.4. The first-order valence-electron chi connectivity index (χ1n) is 9.46. The lowest BCUT2D eigenvalue weighted by Gasteiger charge is -2.07. The Morgan fingerprint density at radius 3 is 2.69 bits per heavy atom. The fourth-order valence-electron chi connectivity index (χ4n) is 4.11. The lowest BCUT2D eigenvalue weighted by atomic mass is 10.1. The van der Waals surface area contributed by atoms with Crippen LogP contribution in [0.3, 0.4) is 0 Å². The topological polar surface area (TPSA) is 64.0 Å². The first-order valence-corrected chi connectivity index (χ1v) is 9.46. The summed E-state index contributed by atoms with van der Waals surface area (Å²) in [5, 5.41) is 6.98. The molecule has 5 nitrogen and oxygen atoms in total. The molecular weight excluding hydrogens is 376 g/mol. The molecule has 0 aliphatic heterocycles. The Morgan fingerprint density at radius 2 is 1.93 bits per heavy atom. The fourth-order valence-corrected chi connectivity index (χ4v) is 4.11. The van der Waals surface area contributed by atoms with Crippen LogP contribution in [0.25, 0.3) is 5.69 Å². The minimum Gasteiger partial charge on any atom is -0.343 e. The van der Waals surface area contributed by atoms with Gasteiger partial charge >= 0.3 is 0 Å². The van der Waals surface area contributed by atoms with Crippen LogP contribution in [-0.2, 0) is 6.42 Å². The number of hydrogen-bond acceptors (Lipinski definition) is 3. The van der Waals surface area contributed by atoms with Crippen LogP contribution in [0.5, 0.6) is 0 Å². The first kappa shape index (κ1) is 17.7. The highest BCUT2D eigenvalue weighted by Gasteiger charge is 2.50. The summed E-state index contributed by atoms with van der Waals surface area (Å²) in [6.07, 6.45) is 1.69. The highest BCUT2D eigenvalue weighted by atomic mass is 19.1. The lowest BCUT2D eigenvalue weighted by molar-refractivity contribution is 0.0900. The van der Waals surface area contributed by atoms with Crippen molar-refractivity contribution in [3.63, 3.8) is 0 Å². The molecule has 0 saturated heterocycles. The summed E-state index contributed by atoms with van der Waals surface area (Å²) >= 11 is 0. The van der Waals surface area contributed by atoms with Crippen molar-refractivity contribution in [1.29, 1.82) is 0 Å². The zero-order chi connectivity index (χ0) is 20.1. The van der Waals surface area contributed by atoms with E-state index in [-0.39, 0.29) is 29.6 Å². The molecule has 0 unspecified atom stereocenters. The van der Waals surface area contributed by atoms with Crippen molar-refractivity contribution in [2.45, 2.75) is 18.8 Å². The Labute approximate surface area is 165 Å². The largest absolute Gasteiger partial charge is 0.343 e. The molecule has 1 fully saturated rings. The second-order valence-corrected chi connectivity index (χ2v) is 7.50. The van der Waals surface area contributed by atoms with Gasteiger partial charge in [-0.05, 0) is 30.9 Å². The van der Waals surface area contributed by atoms with Crippen LogP contribution in [0.4, 0.5) is 8.78 Å². The number of fused-ring (bicyclic) bond motifs is 3. The average Bonchev–Trinajstić information content (AvgIpc) is 3.23. The van der Waals surface area contributed by atoms with Crippen LogP contribution in [0.2, 0.25) is 0 Å². The number of carbonyl (C=O) groups is 2. The Bertz CT molecular complexity index is 1140. The number of rotatable bonds is 5. The van der Waals surface area contributed by atoms with Gasteiger partial charge in [0.2, 0.25) is 0 Å². The third-order valence-electron chi connectivity index (χ3n) is 5.62. The van der Waals surface area contributed by atoms with Crippen LogP contribution in [0.15, 0.2) is 48.5 Å². The van der Waals surface area contributed by atoms with Gasteiger partial charge in [-0.25, -0.2) is 13.5 Å². The molecule has 7 heteroatoms. The van der Waals surface area contributed by atoms with E-state index in [0.717, 1.165) is 23.7 Å². The van der Waals surface area contributed by atoms with E-state index in [1.807, 2.05) is 6.07 Å². The standard InChI is InChI=1S/C22H17F2N3O2/c23-14-6-7-18(17(24)10-14)27-21-15-8-13(15)9-16(21)20(26-27)22(29)25-11-19(28)12-4-2-1-3-5-12/h1-7,10,13,15H,8-9,11H2,(H,25,29)/t13-,15-/m1/s1. The van der Waals surface area contributed by atoms with Crippen molar-refractivity contribution in [2.75, 3.05) is 6.54 Å². The number of Topliss-reactive ketones (excluding diaryl/α,β-unsaturated/α-hetero) is 1. The Kier molecular flexibility index (Phi) is 4.04. The molecule has 29 heavy (non-hydrogen) atoms. The van der Waals surface area contributed by atoms with E-state index in [9.17, 15) is 18.4 Å². The summed E-state index contributed by atoms with van der Waals surface area (Å²) in [5.74, 6) is -1.39. The number of hydrogen-bond donors (Lipinski definition) is 1. The maximum Gasteiger partial charge on any atom is 0.272 e. The van der Waals surface area contributed by atoms with Crippen LogP contribution in [0, 0.1) is 17.6 Å².